The van der Waals surface area contributed by atoms with E-state index >= 15 is 0 Å². The number of esters is 3. The van der Waals surface area contributed by atoms with E-state index in [1.807, 2.05) is 56.3 Å². The Morgan fingerprint density at radius 3 is 1.56 bits per heavy atom. The van der Waals surface area contributed by atoms with Gasteiger partial charge in [-0.2, -0.15) is 0 Å². The number of benzene rings is 4. The van der Waals surface area contributed by atoms with Gasteiger partial charge < -0.3 is 14.2 Å². The monoisotopic (exact) mass is 744 g/mol. The van der Waals surface area contributed by atoms with Crippen molar-refractivity contribution in [1.29, 1.82) is 0 Å². The van der Waals surface area contributed by atoms with Crippen LogP contribution in [0.3, 0.4) is 0 Å². The molecular weight excluding hydrogens is 685 g/mol. The van der Waals surface area contributed by atoms with Gasteiger partial charge >= 0.3 is 17.9 Å². The van der Waals surface area contributed by atoms with Crippen LogP contribution in [0.25, 0.3) is 0 Å². The van der Waals surface area contributed by atoms with Crippen molar-refractivity contribution < 1.29 is 28.6 Å². The van der Waals surface area contributed by atoms with Crippen molar-refractivity contribution in [2.75, 3.05) is 0 Å². The Balaban J connectivity index is 0.000000214. The van der Waals surface area contributed by atoms with Gasteiger partial charge in [-0.15, -0.1) is 0 Å². The molecule has 0 radical (unpaired) electrons. The molecule has 292 valence electrons. The first-order valence-electron chi connectivity index (χ1n) is 19.4. The average molecular weight is 745 g/mol. The molecular formula is C49H60O6. The average Bonchev–Trinajstić information content (AvgIpc) is 3.56. The summed E-state index contributed by atoms with van der Waals surface area (Å²) in [7, 11) is 0. The molecule has 2 unspecified atom stereocenters. The minimum absolute atomic E-state index is 0.00594. The standard InChI is InChI=1S/C26H32O4.C23H28O2/c1-14-10-17(11-15(2)22(14)29-16(3)27)21-19-12-18(25(4,5)6)13-20(26(7,8)9)23(19)30-24(21)28;1-14-16(22(2,3)4)13-17(23(5,6)7)20-18(14)19(21(24)25-20)15-11-9-8-10-12-15/h10-13,21H,1-9H3;8-13,19H,1-7H3. The third-order valence-corrected chi connectivity index (χ3v) is 10.7. The molecule has 0 fully saturated rings. The highest BCUT2D eigenvalue weighted by Crippen LogP contribution is 2.50. The van der Waals surface area contributed by atoms with Crippen molar-refractivity contribution in [2.45, 2.75) is 144 Å². The minimum Gasteiger partial charge on any atom is -0.426 e. The number of rotatable bonds is 3. The van der Waals surface area contributed by atoms with Crippen LogP contribution in [-0.2, 0) is 36.0 Å². The molecule has 4 aromatic carbocycles. The number of carbonyl (C=O) groups is 3. The van der Waals surface area contributed by atoms with E-state index in [0.717, 1.165) is 50.3 Å². The van der Waals surface area contributed by atoms with E-state index < -0.39 is 5.92 Å². The van der Waals surface area contributed by atoms with Gasteiger partial charge in [-0.1, -0.05) is 144 Å². The molecule has 2 aliphatic heterocycles. The van der Waals surface area contributed by atoms with Crippen LogP contribution in [0.4, 0.5) is 0 Å². The number of hydrogen-bond donors (Lipinski definition) is 0. The highest BCUT2D eigenvalue weighted by atomic mass is 16.5. The molecule has 2 heterocycles. The quantitative estimate of drug-likeness (QED) is 0.153. The summed E-state index contributed by atoms with van der Waals surface area (Å²) >= 11 is 0. The zero-order valence-corrected chi connectivity index (χ0v) is 35.9. The van der Waals surface area contributed by atoms with Crippen LogP contribution in [-0.4, -0.2) is 17.9 Å². The number of fused-ring (bicyclic) bond motifs is 2. The number of aryl methyl sites for hydroxylation is 2. The van der Waals surface area contributed by atoms with Crippen molar-refractivity contribution >= 4 is 17.9 Å². The van der Waals surface area contributed by atoms with Gasteiger partial charge in [0.2, 0.25) is 0 Å². The van der Waals surface area contributed by atoms with Gasteiger partial charge in [-0.25, -0.2) is 0 Å². The number of hydrogen-bond acceptors (Lipinski definition) is 6. The van der Waals surface area contributed by atoms with Gasteiger partial charge in [0.25, 0.3) is 0 Å². The van der Waals surface area contributed by atoms with E-state index in [4.69, 9.17) is 14.2 Å². The molecule has 2 aliphatic rings. The lowest BCUT2D eigenvalue weighted by atomic mass is 9.74. The van der Waals surface area contributed by atoms with Crippen LogP contribution in [0.5, 0.6) is 17.2 Å². The molecule has 0 spiro atoms. The predicted molar refractivity (Wildman–Crippen MR) is 221 cm³/mol. The third kappa shape index (κ3) is 8.29. The summed E-state index contributed by atoms with van der Waals surface area (Å²) in [6.07, 6.45) is 0. The molecule has 4 aromatic rings. The fourth-order valence-electron chi connectivity index (χ4n) is 7.82. The van der Waals surface area contributed by atoms with Gasteiger partial charge in [0.15, 0.2) is 0 Å². The topological polar surface area (TPSA) is 78.9 Å². The Labute approximate surface area is 329 Å². The summed E-state index contributed by atoms with van der Waals surface area (Å²) < 4.78 is 17.1. The molecule has 0 saturated heterocycles. The van der Waals surface area contributed by atoms with E-state index in [1.165, 1.54) is 23.6 Å². The molecule has 6 nitrogen and oxygen atoms in total. The predicted octanol–water partition coefficient (Wildman–Crippen LogP) is 11.5. The van der Waals surface area contributed by atoms with Gasteiger partial charge in [-0.3, -0.25) is 14.4 Å². The molecule has 2 atom stereocenters. The van der Waals surface area contributed by atoms with Crippen molar-refractivity contribution in [3.63, 3.8) is 0 Å². The SMILES string of the molecule is CC(=O)Oc1c(C)cc(C2C(=O)Oc3c2cc(C(C)(C)C)cc3C(C)(C)C)cc1C.Cc1c(C(C)(C)C)cc(C(C)(C)C)c2c1C(c1ccccc1)C(=O)O2. The van der Waals surface area contributed by atoms with E-state index in [-0.39, 0.29) is 45.5 Å². The lowest BCUT2D eigenvalue weighted by molar-refractivity contribution is -0.134. The lowest BCUT2D eigenvalue weighted by Crippen LogP contribution is -2.19. The first-order chi connectivity index (χ1) is 25.2. The zero-order chi connectivity index (χ0) is 41.2. The maximum Gasteiger partial charge on any atom is 0.323 e. The van der Waals surface area contributed by atoms with E-state index in [2.05, 4.69) is 108 Å². The maximum atomic E-state index is 13.0. The van der Waals surface area contributed by atoms with Gasteiger partial charge in [-0.05, 0) is 81.4 Å². The Bertz CT molecular complexity index is 2140. The Morgan fingerprint density at radius 1 is 0.582 bits per heavy atom. The normalized spacial score (nSPS) is 16.8. The lowest BCUT2D eigenvalue weighted by Gasteiger charge is -2.29. The van der Waals surface area contributed by atoms with Crippen LogP contribution in [0.2, 0.25) is 0 Å². The summed E-state index contributed by atoms with van der Waals surface area (Å²) in [6.45, 7) is 33.4. The first kappa shape index (κ1) is 41.5. The molecule has 6 rings (SSSR count). The zero-order valence-electron chi connectivity index (χ0n) is 35.9. The fraction of sp³-hybridized carbons (Fsp3) is 0.449. The summed E-state index contributed by atoms with van der Waals surface area (Å²) in [6, 6.07) is 20.3. The molecule has 0 aliphatic carbocycles. The summed E-state index contributed by atoms with van der Waals surface area (Å²) in [4.78, 5) is 37.3. The molecule has 0 N–H and O–H groups in total. The Hall–Kier alpha value is -4.71. The third-order valence-electron chi connectivity index (χ3n) is 10.7. The second-order valence-electron chi connectivity index (χ2n) is 19.5. The largest absolute Gasteiger partial charge is 0.426 e. The molecule has 0 saturated carbocycles. The second kappa shape index (κ2) is 14.4. The van der Waals surface area contributed by atoms with Gasteiger partial charge in [0, 0.05) is 29.2 Å². The van der Waals surface area contributed by atoms with E-state index in [1.54, 1.807) is 0 Å². The van der Waals surface area contributed by atoms with Crippen LogP contribution < -0.4 is 14.2 Å². The summed E-state index contributed by atoms with van der Waals surface area (Å²) in [5.41, 5.74) is 11.0. The first-order valence-corrected chi connectivity index (χ1v) is 19.4. The number of carbonyl (C=O) groups excluding carboxylic acids is 3. The van der Waals surface area contributed by atoms with E-state index in [0.29, 0.717) is 11.5 Å². The molecule has 0 amide bonds. The second-order valence-corrected chi connectivity index (χ2v) is 19.5. The maximum absolute atomic E-state index is 13.0. The van der Waals surface area contributed by atoms with Crippen molar-refractivity contribution in [2.24, 2.45) is 0 Å². The Morgan fingerprint density at radius 2 is 1.07 bits per heavy atom. The Kier molecular flexibility index (Phi) is 10.9. The fourth-order valence-corrected chi connectivity index (χ4v) is 7.82. The minimum atomic E-state index is -0.493. The summed E-state index contributed by atoms with van der Waals surface area (Å²) in [5, 5.41) is 0. The highest BCUT2D eigenvalue weighted by Gasteiger charge is 2.42. The number of ether oxygens (including phenoxy) is 3. The highest BCUT2D eigenvalue weighted by molar-refractivity contribution is 5.92. The van der Waals surface area contributed by atoms with Crippen molar-refractivity contribution in [3.05, 3.63) is 122 Å². The van der Waals surface area contributed by atoms with Gasteiger partial charge in [0.05, 0.1) is 0 Å². The van der Waals surface area contributed by atoms with Crippen molar-refractivity contribution in [1.82, 2.24) is 0 Å². The van der Waals surface area contributed by atoms with Crippen LogP contribution in [0.1, 0.15) is 163 Å². The smallest absolute Gasteiger partial charge is 0.323 e. The van der Waals surface area contributed by atoms with Gasteiger partial charge in [0.1, 0.15) is 29.1 Å². The van der Waals surface area contributed by atoms with Crippen LogP contribution in [0.15, 0.2) is 60.7 Å². The molecule has 55 heavy (non-hydrogen) atoms. The molecule has 0 aromatic heterocycles. The summed E-state index contributed by atoms with van der Waals surface area (Å²) in [5.74, 6) is 0.399. The molecule has 0 bridgehead atoms. The molecule has 6 heteroatoms. The van der Waals surface area contributed by atoms with Crippen LogP contribution in [0, 0.1) is 20.8 Å². The van der Waals surface area contributed by atoms with E-state index in [9.17, 15) is 14.4 Å². The van der Waals surface area contributed by atoms with Crippen molar-refractivity contribution in [3.8, 4) is 17.2 Å². The van der Waals surface area contributed by atoms with Crippen LogP contribution >= 0.6 is 0 Å².